The zero-order chi connectivity index (χ0) is 15.2. The van der Waals surface area contributed by atoms with E-state index < -0.39 is 6.04 Å². The summed E-state index contributed by atoms with van der Waals surface area (Å²) in [7, 11) is 1.56. The Morgan fingerprint density at radius 1 is 1.33 bits per heavy atom. The summed E-state index contributed by atoms with van der Waals surface area (Å²) in [6.07, 6.45) is 2.58. The Kier molecular flexibility index (Phi) is 4.94. The molecule has 0 aliphatic rings. The number of amides is 2. The fourth-order valence-corrected chi connectivity index (χ4v) is 2.19. The van der Waals surface area contributed by atoms with Crippen LogP contribution in [0.3, 0.4) is 0 Å². The van der Waals surface area contributed by atoms with Crippen LogP contribution in [0, 0.1) is 0 Å². The number of carbonyl (C=O) groups is 2. The summed E-state index contributed by atoms with van der Waals surface area (Å²) in [5.41, 5.74) is 7.96. The molecule has 0 aliphatic carbocycles. The Bertz CT molecular complexity index is 635. The lowest BCUT2D eigenvalue weighted by molar-refractivity contribution is -0.123. The summed E-state index contributed by atoms with van der Waals surface area (Å²) in [6.45, 7) is 0.292. The number of nitrogens with two attached hydrogens (primary N) is 1. The zero-order valence-corrected chi connectivity index (χ0v) is 12.0. The second kappa shape index (κ2) is 6.90. The average Bonchev–Trinajstić information content (AvgIpc) is 2.90. The molecule has 6 heteroatoms. The summed E-state index contributed by atoms with van der Waals surface area (Å²) in [5.74, 6) is -0.357. The first-order chi connectivity index (χ1) is 10.1. The van der Waals surface area contributed by atoms with Gasteiger partial charge in [0.1, 0.15) is 0 Å². The van der Waals surface area contributed by atoms with Crippen LogP contribution in [0.5, 0.6) is 0 Å². The van der Waals surface area contributed by atoms with E-state index in [2.05, 4.69) is 15.6 Å². The van der Waals surface area contributed by atoms with E-state index in [1.165, 1.54) is 0 Å². The van der Waals surface area contributed by atoms with E-state index in [4.69, 9.17) is 5.73 Å². The van der Waals surface area contributed by atoms with Gasteiger partial charge in [-0.1, -0.05) is 18.2 Å². The number of fused-ring (bicyclic) bond motifs is 1. The van der Waals surface area contributed by atoms with Crippen molar-refractivity contribution in [2.45, 2.75) is 18.9 Å². The van der Waals surface area contributed by atoms with Crippen molar-refractivity contribution in [1.82, 2.24) is 15.6 Å². The van der Waals surface area contributed by atoms with Gasteiger partial charge in [0.05, 0.1) is 6.04 Å². The number of nitrogens with one attached hydrogen (secondary N) is 3. The summed E-state index contributed by atoms with van der Waals surface area (Å²) in [6, 6.07) is 7.25. The van der Waals surface area contributed by atoms with Crippen LogP contribution in [0.4, 0.5) is 0 Å². The minimum absolute atomic E-state index is 0.111. The number of hydrogen-bond donors (Lipinski definition) is 4. The van der Waals surface area contributed by atoms with Gasteiger partial charge in [-0.25, -0.2) is 0 Å². The van der Waals surface area contributed by atoms with E-state index in [-0.39, 0.29) is 18.2 Å². The van der Waals surface area contributed by atoms with Crippen molar-refractivity contribution < 1.29 is 9.59 Å². The maximum absolute atomic E-state index is 11.9. The van der Waals surface area contributed by atoms with E-state index in [1.54, 1.807) is 7.05 Å². The predicted molar refractivity (Wildman–Crippen MR) is 81.7 cm³/mol. The lowest BCUT2D eigenvalue weighted by atomic mass is 10.1. The van der Waals surface area contributed by atoms with Crippen LogP contribution >= 0.6 is 0 Å². The Balaban J connectivity index is 1.90. The number of carbonyl (C=O) groups excluding carboxylic acids is 2. The molecule has 0 spiro atoms. The van der Waals surface area contributed by atoms with Crippen molar-refractivity contribution in [3.63, 3.8) is 0 Å². The normalized spacial score (nSPS) is 12.1. The molecule has 1 atom stereocenters. The Hall–Kier alpha value is -2.34. The second-order valence-corrected chi connectivity index (χ2v) is 4.88. The van der Waals surface area contributed by atoms with Crippen LogP contribution in [0.25, 0.3) is 10.9 Å². The summed E-state index contributed by atoms with van der Waals surface area (Å²) in [4.78, 5) is 26.1. The maximum atomic E-state index is 11.9. The second-order valence-electron chi connectivity index (χ2n) is 4.88. The smallest absolute Gasteiger partial charge is 0.237 e. The Labute approximate surface area is 123 Å². The van der Waals surface area contributed by atoms with Crippen molar-refractivity contribution in [1.29, 1.82) is 0 Å². The topological polar surface area (TPSA) is 100 Å². The first kappa shape index (κ1) is 15.1. The maximum Gasteiger partial charge on any atom is 0.237 e. The van der Waals surface area contributed by atoms with Gasteiger partial charge in [-0.15, -0.1) is 0 Å². The number of benzene rings is 1. The fraction of sp³-hybridized carbons (Fsp3) is 0.333. The van der Waals surface area contributed by atoms with Crippen LogP contribution in [0.1, 0.15) is 12.0 Å². The van der Waals surface area contributed by atoms with Crippen molar-refractivity contribution in [3.8, 4) is 0 Å². The van der Waals surface area contributed by atoms with E-state index in [9.17, 15) is 9.59 Å². The third kappa shape index (κ3) is 3.82. The molecule has 21 heavy (non-hydrogen) atoms. The molecule has 2 rings (SSSR count). The molecule has 1 heterocycles. The molecule has 0 bridgehead atoms. The van der Waals surface area contributed by atoms with Gasteiger partial charge in [-0.2, -0.15) is 0 Å². The van der Waals surface area contributed by atoms with Crippen molar-refractivity contribution in [3.05, 3.63) is 36.0 Å². The van der Waals surface area contributed by atoms with Gasteiger partial charge in [0.25, 0.3) is 0 Å². The van der Waals surface area contributed by atoms with Crippen LogP contribution in [-0.4, -0.2) is 36.4 Å². The molecule has 2 amide bonds. The SMILES string of the molecule is CNC(=O)CCNC(=O)[C@H](N)Cc1c[nH]c2ccccc12. The highest BCUT2D eigenvalue weighted by Gasteiger charge is 2.16. The highest BCUT2D eigenvalue weighted by molar-refractivity contribution is 5.86. The van der Waals surface area contributed by atoms with Gasteiger partial charge in [0.15, 0.2) is 0 Å². The molecule has 1 aromatic heterocycles. The summed E-state index contributed by atoms with van der Waals surface area (Å²) >= 11 is 0. The van der Waals surface area contributed by atoms with Gasteiger partial charge >= 0.3 is 0 Å². The molecule has 0 radical (unpaired) electrons. The molecule has 0 unspecified atom stereocenters. The number of aromatic amines is 1. The standard InChI is InChI=1S/C15H20N4O2/c1-17-14(20)6-7-18-15(21)12(16)8-10-9-19-13-5-3-2-4-11(10)13/h2-5,9,12,19H,6-8,16H2,1H3,(H,17,20)(H,18,21)/t12-/m1/s1. The number of aromatic nitrogens is 1. The van der Waals surface area contributed by atoms with Crippen molar-refractivity contribution >= 4 is 22.7 Å². The molecule has 2 aromatic rings. The lowest BCUT2D eigenvalue weighted by Gasteiger charge is -2.11. The van der Waals surface area contributed by atoms with E-state index in [1.807, 2.05) is 30.5 Å². The number of para-hydroxylation sites is 1. The minimum Gasteiger partial charge on any atom is -0.361 e. The van der Waals surface area contributed by atoms with Gasteiger partial charge in [-0.05, 0) is 18.1 Å². The average molecular weight is 288 g/mol. The van der Waals surface area contributed by atoms with Gasteiger partial charge < -0.3 is 21.4 Å². The number of rotatable bonds is 6. The molecular weight excluding hydrogens is 268 g/mol. The number of H-pyrrole nitrogens is 1. The van der Waals surface area contributed by atoms with Crippen molar-refractivity contribution in [2.24, 2.45) is 5.73 Å². The first-order valence-corrected chi connectivity index (χ1v) is 6.90. The van der Waals surface area contributed by atoms with Gasteiger partial charge in [0.2, 0.25) is 11.8 Å². The highest BCUT2D eigenvalue weighted by atomic mass is 16.2. The third-order valence-corrected chi connectivity index (χ3v) is 3.38. The minimum atomic E-state index is -0.631. The van der Waals surface area contributed by atoms with Crippen molar-refractivity contribution in [2.75, 3.05) is 13.6 Å². The summed E-state index contributed by atoms with van der Waals surface area (Å²) in [5, 5.41) is 6.25. The fourth-order valence-electron chi connectivity index (χ4n) is 2.19. The highest BCUT2D eigenvalue weighted by Crippen LogP contribution is 2.18. The molecule has 5 N–H and O–H groups in total. The first-order valence-electron chi connectivity index (χ1n) is 6.90. The number of hydrogen-bond acceptors (Lipinski definition) is 3. The van der Waals surface area contributed by atoms with E-state index >= 15 is 0 Å². The van der Waals surface area contributed by atoms with Gasteiger partial charge in [-0.3, -0.25) is 9.59 Å². The molecule has 1 aromatic carbocycles. The molecular formula is C15H20N4O2. The van der Waals surface area contributed by atoms with Crippen LogP contribution in [0.2, 0.25) is 0 Å². The Morgan fingerprint density at radius 3 is 2.86 bits per heavy atom. The van der Waals surface area contributed by atoms with Crippen LogP contribution < -0.4 is 16.4 Å². The molecule has 0 saturated carbocycles. The van der Waals surface area contributed by atoms with Crippen LogP contribution in [0.15, 0.2) is 30.5 Å². The zero-order valence-electron chi connectivity index (χ0n) is 12.0. The molecule has 0 saturated heterocycles. The predicted octanol–water partition coefficient (Wildman–Crippen LogP) is 0.290. The molecule has 0 fully saturated rings. The van der Waals surface area contributed by atoms with E-state index in [0.29, 0.717) is 13.0 Å². The molecule has 112 valence electrons. The van der Waals surface area contributed by atoms with E-state index in [0.717, 1.165) is 16.5 Å². The largest absolute Gasteiger partial charge is 0.361 e. The summed E-state index contributed by atoms with van der Waals surface area (Å²) < 4.78 is 0. The van der Waals surface area contributed by atoms with Gasteiger partial charge in [0, 0.05) is 37.1 Å². The molecule has 0 aliphatic heterocycles. The Morgan fingerprint density at radius 2 is 2.10 bits per heavy atom. The quantitative estimate of drug-likeness (QED) is 0.614. The third-order valence-electron chi connectivity index (χ3n) is 3.38. The lowest BCUT2D eigenvalue weighted by Crippen LogP contribution is -2.43. The van der Waals surface area contributed by atoms with Crippen LogP contribution in [-0.2, 0) is 16.0 Å². The molecule has 6 nitrogen and oxygen atoms in total. The monoisotopic (exact) mass is 288 g/mol.